The molecule has 3 rings (SSSR count). The van der Waals surface area contributed by atoms with E-state index in [1.165, 1.54) is 0 Å². The van der Waals surface area contributed by atoms with E-state index in [0.717, 1.165) is 10.9 Å². The minimum Gasteiger partial charge on any atom is -0.368 e. The molecule has 6 nitrogen and oxygen atoms in total. The van der Waals surface area contributed by atoms with Crippen LogP contribution in [0, 0.1) is 0 Å². The fraction of sp³-hybridized carbons (Fsp3) is 0.154. The molecule has 0 spiro atoms. The van der Waals surface area contributed by atoms with Gasteiger partial charge in [-0.25, -0.2) is 0 Å². The van der Waals surface area contributed by atoms with Gasteiger partial charge in [0.25, 0.3) is 0 Å². The predicted molar refractivity (Wildman–Crippen MR) is 79.6 cm³/mol. The van der Waals surface area contributed by atoms with E-state index in [0.29, 0.717) is 16.5 Å². The largest absolute Gasteiger partial charge is 0.368 e. The van der Waals surface area contributed by atoms with E-state index in [2.05, 4.69) is 25.5 Å². The van der Waals surface area contributed by atoms with Gasteiger partial charge in [-0.05, 0) is 24.6 Å². The Balaban J connectivity index is 1.92. The van der Waals surface area contributed by atoms with E-state index < -0.39 is 0 Å². The number of halogens is 1. The molecule has 0 amide bonds. The highest BCUT2D eigenvalue weighted by molar-refractivity contribution is 6.30. The summed E-state index contributed by atoms with van der Waals surface area (Å²) in [6, 6.07) is 7.71. The number of rotatable bonds is 3. The summed E-state index contributed by atoms with van der Waals surface area (Å²) in [7, 11) is 0. The first-order chi connectivity index (χ1) is 9.63. The van der Waals surface area contributed by atoms with Gasteiger partial charge in [0, 0.05) is 11.1 Å². The van der Waals surface area contributed by atoms with Gasteiger partial charge in [0.1, 0.15) is 5.82 Å². The summed E-state index contributed by atoms with van der Waals surface area (Å²) in [4.78, 5) is 8.31. The van der Waals surface area contributed by atoms with Crippen LogP contribution >= 0.6 is 11.6 Å². The topological polar surface area (TPSA) is 92.5 Å². The Morgan fingerprint density at radius 3 is 2.75 bits per heavy atom. The molecule has 0 aliphatic rings. The van der Waals surface area contributed by atoms with Gasteiger partial charge in [-0.1, -0.05) is 23.7 Å². The fourth-order valence-corrected chi connectivity index (χ4v) is 2.13. The van der Waals surface area contributed by atoms with Crippen molar-refractivity contribution in [3.8, 4) is 0 Å². The second kappa shape index (κ2) is 4.97. The Kier molecular flexibility index (Phi) is 3.15. The van der Waals surface area contributed by atoms with Crippen molar-refractivity contribution in [1.29, 1.82) is 0 Å². The molecule has 0 aliphatic heterocycles. The molecule has 20 heavy (non-hydrogen) atoms. The first-order valence-electron chi connectivity index (χ1n) is 6.12. The molecule has 0 aliphatic carbocycles. The summed E-state index contributed by atoms with van der Waals surface area (Å²) in [5, 5.41) is 11.6. The summed E-state index contributed by atoms with van der Waals surface area (Å²) >= 11 is 5.89. The van der Waals surface area contributed by atoms with Crippen molar-refractivity contribution < 1.29 is 0 Å². The van der Waals surface area contributed by atoms with Crippen molar-refractivity contribution in [3.05, 3.63) is 41.0 Å². The number of fused-ring (bicyclic) bond motifs is 1. The van der Waals surface area contributed by atoms with Crippen LogP contribution in [0.3, 0.4) is 0 Å². The van der Waals surface area contributed by atoms with Gasteiger partial charge in [0.15, 0.2) is 5.65 Å². The summed E-state index contributed by atoms with van der Waals surface area (Å²) in [5.74, 6) is 0.858. The van der Waals surface area contributed by atoms with Crippen LogP contribution in [0.15, 0.2) is 30.5 Å². The lowest BCUT2D eigenvalue weighted by atomic mass is 10.1. The summed E-state index contributed by atoms with van der Waals surface area (Å²) < 4.78 is 0. The number of nitrogens with two attached hydrogens (primary N) is 1. The molecule has 2 aromatic heterocycles. The van der Waals surface area contributed by atoms with Gasteiger partial charge >= 0.3 is 0 Å². The van der Waals surface area contributed by atoms with Crippen LogP contribution < -0.4 is 11.1 Å². The van der Waals surface area contributed by atoms with Crippen LogP contribution in [0.25, 0.3) is 11.0 Å². The number of nitrogens with zero attached hydrogens (tertiary/aromatic N) is 3. The SMILES string of the molecule is CC(Nc1nc(N)nc2[nH]ncc12)c1ccc(Cl)cc1. The van der Waals surface area contributed by atoms with Crippen molar-refractivity contribution in [2.45, 2.75) is 13.0 Å². The highest BCUT2D eigenvalue weighted by Crippen LogP contribution is 2.24. The molecule has 4 N–H and O–H groups in total. The third kappa shape index (κ3) is 2.37. The standard InChI is InChI=1S/C13H13ClN6/c1-7(8-2-4-9(14)5-3-8)17-11-10-6-16-20-12(10)19-13(15)18-11/h2-7H,1H3,(H4,15,16,17,18,19,20). The Bertz CT molecular complexity index is 736. The van der Waals surface area contributed by atoms with E-state index >= 15 is 0 Å². The van der Waals surface area contributed by atoms with Gasteiger partial charge in [-0.2, -0.15) is 15.1 Å². The monoisotopic (exact) mass is 288 g/mol. The Hall–Kier alpha value is -2.34. The van der Waals surface area contributed by atoms with E-state index in [1.54, 1.807) is 6.20 Å². The maximum Gasteiger partial charge on any atom is 0.224 e. The molecule has 0 radical (unpaired) electrons. The van der Waals surface area contributed by atoms with Gasteiger partial charge in [-0.3, -0.25) is 5.10 Å². The average Bonchev–Trinajstić information content (AvgIpc) is 2.87. The second-order valence-electron chi connectivity index (χ2n) is 4.48. The summed E-state index contributed by atoms with van der Waals surface area (Å²) in [6.07, 6.45) is 1.67. The van der Waals surface area contributed by atoms with Crippen LogP contribution in [0.5, 0.6) is 0 Å². The van der Waals surface area contributed by atoms with Crippen molar-refractivity contribution in [2.24, 2.45) is 0 Å². The lowest BCUT2D eigenvalue weighted by Gasteiger charge is -2.15. The van der Waals surface area contributed by atoms with Gasteiger partial charge in [0.2, 0.25) is 5.95 Å². The molecule has 1 unspecified atom stereocenters. The number of H-pyrrole nitrogens is 1. The zero-order chi connectivity index (χ0) is 14.1. The number of hydrogen-bond donors (Lipinski definition) is 3. The van der Waals surface area contributed by atoms with Crippen molar-refractivity contribution in [1.82, 2.24) is 20.2 Å². The Labute approximate surface area is 120 Å². The maximum absolute atomic E-state index is 5.89. The smallest absolute Gasteiger partial charge is 0.224 e. The summed E-state index contributed by atoms with van der Waals surface area (Å²) in [5.41, 5.74) is 7.41. The summed E-state index contributed by atoms with van der Waals surface area (Å²) in [6.45, 7) is 2.04. The van der Waals surface area contributed by atoms with Crippen LogP contribution in [-0.2, 0) is 0 Å². The van der Waals surface area contributed by atoms with Gasteiger partial charge in [0.05, 0.1) is 11.6 Å². The normalized spacial score (nSPS) is 12.5. The molecule has 2 heterocycles. The number of benzene rings is 1. The highest BCUT2D eigenvalue weighted by Gasteiger charge is 2.11. The van der Waals surface area contributed by atoms with Crippen LogP contribution in [-0.4, -0.2) is 20.2 Å². The molecule has 0 fully saturated rings. The van der Waals surface area contributed by atoms with Crippen LogP contribution in [0.2, 0.25) is 5.02 Å². The fourth-order valence-electron chi connectivity index (χ4n) is 2.00. The lowest BCUT2D eigenvalue weighted by molar-refractivity contribution is 0.877. The van der Waals surface area contributed by atoms with Gasteiger partial charge in [-0.15, -0.1) is 0 Å². The first-order valence-corrected chi connectivity index (χ1v) is 6.50. The molecule has 0 saturated heterocycles. The molecule has 7 heteroatoms. The lowest BCUT2D eigenvalue weighted by Crippen LogP contribution is -2.09. The number of aromatic amines is 1. The number of aromatic nitrogens is 4. The van der Waals surface area contributed by atoms with Crippen molar-refractivity contribution in [2.75, 3.05) is 11.1 Å². The van der Waals surface area contributed by atoms with E-state index in [-0.39, 0.29) is 12.0 Å². The molecule has 1 aromatic carbocycles. The zero-order valence-corrected chi connectivity index (χ0v) is 11.5. The number of nitrogen functional groups attached to an aromatic ring is 1. The minimum absolute atomic E-state index is 0.0552. The molecule has 102 valence electrons. The number of hydrogen-bond acceptors (Lipinski definition) is 5. The molecule has 0 saturated carbocycles. The second-order valence-corrected chi connectivity index (χ2v) is 4.92. The first kappa shape index (κ1) is 12.7. The quantitative estimate of drug-likeness (QED) is 0.689. The maximum atomic E-state index is 5.89. The van der Waals surface area contributed by atoms with Crippen LogP contribution in [0.1, 0.15) is 18.5 Å². The van der Waals surface area contributed by atoms with E-state index in [4.69, 9.17) is 17.3 Å². The third-order valence-corrected chi connectivity index (χ3v) is 3.30. The van der Waals surface area contributed by atoms with Gasteiger partial charge < -0.3 is 11.1 Å². The molecule has 1 atom stereocenters. The predicted octanol–water partition coefficient (Wildman–Crippen LogP) is 2.76. The van der Waals surface area contributed by atoms with Crippen molar-refractivity contribution >= 4 is 34.4 Å². The zero-order valence-electron chi connectivity index (χ0n) is 10.8. The number of nitrogens with one attached hydrogen (secondary N) is 2. The molecule has 0 bridgehead atoms. The van der Waals surface area contributed by atoms with E-state index in [9.17, 15) is 0 Å². The average molecular weight is 289 g/mol. The minimum atomic E-state index is 0.0552. The highest BCUT2D eigenvalue weighted by atomic mass is 35.5. The number of anilines is 2. The molecule has 3 aromatic rings. The molecular formula is C13H13ClN6. The Morgan fingerprint density at radius 1 is 1.25 bits per heavy atom. The Morgan fingerprint density at radius 2 is 2.00 bits per heavy atom. The van der Waals surface area contributed by atoms with Crippen LogP contribution in [0.4, 0.5) is 11.8 Å². The van der Waals surface area contributed by atoms with Crippen molar-refractivity contribution in [3.63, 3.8) is 0 Å². The third-order valence-electron chi connectivity index (χ3n) is 3.05. The molecular weight excluding hydrogens is 276 g/mol. The van der Waals surface area contributed by atoms with E-state index in [1.807, 2.05) is 31.2 Å².